The van der Waals surface area contributed by atoms with Gasteiger partial charge < -0.3 is 15.2 Å². The third-order valence-electron chi connectivity index (χ3n) is 3.05. The predicted octanol–water partition coefficient (Wildman–Crippen LogP) is 0.517. The van der Waals surface area contributed by atoms with Gasteiger partial charge in [-0.2, -0.15) is 0 Å². The molecule has 0 radical (unpaired) electrons. The van der Waals surface area contributed by atoms with Crippen LogP contribution < -0.4 is 10.6 Å². The Kier molecular flexibility index (Phi) is 3.24. The van der Waals surface area contributed by atoms with Gasteiger partial charge in [-0.3, -0.25) is 4.79 Å². The van der Waals surface area contributed by atoms with Gasteiger partial charge in [-0.05, 0) is 26.8 Å². The van der Waals surface area contributed by atoms with E-state index in [1.807, 2.05) is 13.8 Å². The number of nitrogens with one attached hydrogen (secondary N) is 2. The van der Waals surface area contributed by atoms with E-state index in [9.17, 15) is 4.79 Å². The SMILES string of the molecule is Cc1noc(C)c1CNC(=O)C1CCNC1. The molecule has 88 valence electrons. The highest BCUT2D eigenvalue weighted by Gasteiger charge is 2.22. The summed E-state index contributed by atoms with van der Waals surface area (Å²) in [5, 5.41) is 9.96. The van der Waals surface area contributed by atoms with Gasteiger partial charge in [0.1, 0.15) is 5.76 Å². The second-order valence-electron chi connectivity index (χ2n) is 4.21. The molecule has 5 heteroatoms. The van der Waals surface area contributed by atoms with Crippen molar-refractivity contribution in [2.75, 3.05) is 13.1 Å². The summed E-state index contributed by atoms with van der Waals surface area (Å²) in [6, 6.07) is 0. The van der Waals surface area contributed by atoms with Crippen molar-refractivity contribution in [2.24, 2.45) is 5.92 Å². The standard InChI is InChI=1S/C11H17N3O2/c1-7-10(8(2)16-14-7)6-13-11(15)9-3-4-12-5-9/h9,12H,3-6H2,1-2H3,(H,13,15). The molecule has 2 rings (SSSR count). The molecule has 1 aliphatic heterocycles. The van der Waals surface area contributed by atoms with E-state index in [2.05, 4.69) is 15.8 Å². The van der Waals surface area contributed by atoms with E-state index in [1.165, 1.54) is 0 Å². The molecule has 1 aromatic rings. The number of carbonyl (C=O) groups is 1. The van der Waals surface area contributed by atoms with E-state index in [-0.39, 0.29) is 11.8 Å². The fraction of sp³-hybridized carbons (Fsp3) is 0.636. The molecule has 1 amide bonds. The number of hydrogen-bond donors (Lipinski definition) is 2. The molecule has 0 bridgehead atoms. The number of aromatic nitrogens is 1. The zero-order valence-electron chi connectivity index (χ0n) is 9.67. The van der Waals surface area contributed by atoms with Gasteiger partial charge in [-0.1, -0.05) is 5.16 Å². The molecule has 1 aliphatic rings. The number of aryl methyl sites for hydroxylation is 2. The summed E-state index contributed by atoms with van der Waals surface area (Å²) in [4.78, 5) is 11.8. The van der Waals surface area contributed by atoms with Crippen LogP contribution in [0.5, 0.6) is 0 Å². The zero-order chi connectivity index (χ0) is 11.5. The Bertz CT molecular complexity index is 361. The van der Waals surface area contributed by atoms with Crippen LogP contribution in [0.2, 0.25) is 0 Å². The first-order valence-corrected chi connectivity index (χ1v) is 5.58. The normalized spacial score (nSPS) is 20.0. The average molecular weight is 223 g/mol. The summed E-state index contributed by atoms with van der Waals surface area (Å²) in [6.45, 7) is 5.97. The summed E-state index contributed by atoms with van der Waals surface area (Å²) < 4.78 is 5.04. The van der Waals surface area contributed by atoms with Crippen molar-refractivity contribution in [1.29, 1.82) is 0 Å². The van der Waals surface area contributed by atoms with Crippen molar-refractivity contribution < 1.29 is 9.32 Å². The lowest BCUT2D eigenvalue weighted by atomic mass is 10.1. The number of nitrogens with zero attached hydrogens (tertiary/aromatic N) is 1. The molecular weight excluding hydrogens is 206 g/mol. The van der Waals surface area contributed by atoms with Gasteiger partial charge in [-0.15, -0.1) is 0 Å². The number of amides is 1. The molecular formula is C11H17N3O2. The first-order valence-electron chi connectivity index (χ1n) is 5.58. The summed E-state index contributed by atoms with van der Waals surface area (Å²) >= 11 is 0. The smallest absolute Gasteiger partial charge is 0.224 e. The number of rotatable bonds is 3. The molecule has 1 unspecified atom stereocenters. The Morgan fingerprint density at radius 1 is 1.62 bits per heavy atom. The largest absolute Gasteiger partial charge is 0.361 e. The minimum Gasteiger partial charge on any atom is -0.361 e. The first kappa shape index (κ1) is 11.1. The summed E-state index contributed by atoms with van der Waals surface area (Å²) in [7, 11) is 0. The lowest BCUT2D eigenvalue weighted by Gasteiger charge is -2.09. The van der Waals surface area contributed by atoms with E-state index in [1.54, 1.807) is 0 Å². The molecule has 16 heavy (non-hydrogen) atoms. The van der Waals surface area contributed by atoms with Crippen molar-refractivity contribution >= 4 is 5.91 Å². The van der Waals surface area contributed by atoms with Gasteiger partial charge in [0.25, 0.3) is 0 Å². The summed E-state index contributed by atoms with van der Waals surface area (Å²) in [6.07, 6.45) is 0.924. The Morgan fingerprint density at radius 2 is 2.44 bits per heavy atom. The van der Waals surface area contributed by atoms with Crippen LogP contribution in [0.1, 0.15) is 23.4 Å². The van der Waals surface area contributed by atoms with Crippen LogP contribution in [0, 0.1) is 19.8 Å². The van der Waals surface area contributed by atoms with Gasteiger partial charge in [0, 0.05) is 18.7 Å². The highest BCUT2D eigenvalue weighted by molar-refractivity contribution is 5.79. The zero-order valence-corrected chi connectivity index (χ0v) is 9.67. The van der Waals surface area contributed by atoms with Crippen LogP contribution in [0.25, 0.3) is 0 Å². The minimum absolute atomic E-state index is 0.112. The van der Waals surface area contributed by atoms with Crippen LogP contribution in [0.15, 0.2) is 4.52 Å². The Hall–Kier alpha value is -1.36. The third kappa shape index (κ3) is 2.24. The van der Waals surface area contributed by atoms with E-state index in [0.717, 1.165) is 36.5 Å². The van der Waals surface area contributed by atoms with Crippen LogP contribution >= 0.6 is 0 Å². The molecule has 1 atom stereocenters. The fourth-order valence-electron chi connectivity index (χ4n) is 1.95. The van der Waals surface area contributed by atoms with Crippen molar-refractivity contribution in [1.82, 2.24) is 15.8 Å². The van der Waals surface area contributed by atoms with E-state index in [4.69, 9.17) is 4.52 Å². The molecule has 1 aromatic heterocycles. The van der Waals surface area contributed by atoms with Gasteiger partial charge in [0.2, 0.25) is 5.91 Å². The number of carbonyl (C=O) groups excluding carboxylic acids is 1. The van der Waals surface area contributed by atoms with Gasteiger partial charge in [0.05, 0.1) is 11.6 Å². The van der Waals surface area contributed by atoms with Crippen LogP contribution in [0.4, 0.5) is 0 Å². The molecule has 1 saturated heterocycles. The average Bonchev–Trinajstić information content (AvgIpc) is 2.87. The van der Waals surface area contributed by atoms with Crippen LogP contribution in [-0.4, -0.2) is 24.2 Å². The second-order valence-corrected chi connectivity index (χ2v) is 4.21. The summed E-state index contributed by atoms with van der Waals surface area (Å²) in [5.74, 6) is 1.01. The van der Waals surface area contributed by atoms with Crippen molar-refractivity contribution in [2.45, 2.75) is 26.8 Å². The molecule has 0 spiro atoms. The molecule has 0 aromatic carbocycles. The Morgan fingerprint density at radius 3 is 3.00 bits per heavy atom. The lowest BCUT2D eigenvalue weighted by Crippen LogP contribution is -2.31. The molecule has 2 heterocycles. The van der Waals surface area contributed by atoms with Crippen molar-refractivity contribution in [3.05, 3.63) is 17.0 Å². The molecule has 5 nitrogen and oxygen atoms in total. The fourth-order valence-corrected chi connectivity index (χ4v) is 1.95. The maximum Gasteiger partial charge on any atom is 0.224 e. The predicted molar refractivity (Wildman–Crippen MR) is 58.8 cm³/mol. The third-order valence-corrected chi connectivity index (χ3v) is 3.05. The molecule has 0 aliphatic carbocycles. The Labute approximate surface area is 94.6 Å². The molecule has 2 N–H and O–H groups in total. The Balaban J connectivity index is 1.89. The quantitative estimate of drug-likeness (QED) is 0.784. The van der Waals surface area contributed by atoms with E-state index in [0.29, 0.717) is 6.54 Å². The first-order chi connectivity index (χ1) is 7.68. The second kappa shape index (κ2) is 4.65. The van der Waals surface area contributed by atoms with E-state index < -0.39 is 0 Å². The monoisotopic (exact) mass is 223 g/mol. The number of hydrogen-bond acceptors (Lipinski definition) is 4. The van der Waals surface area contributed by atoms with Gasteiger partial charge >= 0.3 is 0 Å². The maximum absolute atomic E-state index is 11.8. The highest BCUT2D eigenvalue weighted by atomic mass is 16.5. The van der Waals surface area contributed by atoms with Gasteiger partial charge in [0.15, 0.2) is 0 Å². The summed E-state index contributed by atoms with van der Waals surface area (Å²) in [5.41, 5.74) is 1.83. The lowest BCUT2D eigenvalue weighted by molar-refractivity contribution is -0.124. The topological polar surface area (TPSA) is 67.2 Å². The van der Waals surface area contributed by atoms with Crippen molar-refractivity contribution in [3.8, 4) is 0 Å². The van der Waals surface area contributed by atoms with Gasteiger partial charge in [-0.25, -0.2) is 0 Å². The van der Waals surface area contributed by atoms with Crippen LogP contribution in [0.3, 0.4) is 0 Å². The molecule has 0 saturated carbocycles. The van der Waals surface area contributed by atoms with Crippen molar-refractivity contribution in [3.63, 3.8) is 0 Å². The highest BCUT2D eigenvalue weighted by Crippen LogP contribution is 2.12. The van der Waals surface area contributed by atoms with Crippen LogP contribution in [-0.2, 0) is 11.3 Å². The minimum atomic E-state index is 0.112. The molecule has 1 fully saturated rings. The maximum atomic E-state index is 11.8. The van der Waals surface area contributed by atoms with E-state index >= 15 is 0 Å².